The number of amides is 3. The number of carbonyl (C=O) groups is 3. The molecule has 0 atom stereocenters. The summed E-state index contributed by atoms with van der Waals surface area (Å²) in [5.41, 5.74) is 0.321. The van der Waals surface area contributed by atoms with Crippen molar-refractivity contribution in [2.45, 2.75) is 0 Å². The molecule has 21 heavy (non-hydrogen) atoms. The van der Waals surface area contributed by atoms with Crippen LogP contribution in [0.1, 0.15) is 10.4 Å². The Morgan fingerprint density at radius 1 is 1.19 bits per heavy atom. The van der Waals surface area contributed by atoms with Crippen molar-refractivity contribution in [3.8, 4) is 5.82 Å². The summed E-state index contributed by atoms with van der Waals surface area (Å²) in [7, 11) is 0. The van der Waals surface area contributed by atoms with Gasteiger partial charge in [0.1, 0.15) is 25.2 Å². The van der Waals surface area contributed by atoms with Gasteiger partial charge >= 0.3 is 0 Å². The molecule has 3 amide bonds. The minimum absolute atomic E-state index is 0.131. The number of nitrogens with one attached hydrogen (secondary N) is 1. The molecule has 0 saturated carbocycles. The fraction of sp³-hybridized carbons (Fsp3) is 0.154. The minimum atomic E-state index is -0.484. The molecule has 1 fully saturated rings. The zero-order valence-electron chi connectivity index (χ0n) is 10.9. The molecule has 1 aliphatic rings. The van der Waals surface area contributed by atoms with Gasteiger partial charge in [0, 0.05) is 18.6 Å². The highest BCUT2D eigenvalue weighted by molar-refractivity contribution is 6.05. The fourth-order valence-corrected chi connectivity index (χ4v) is 2.02. The molecule has 2 aromatic heterocycles. The van der Waals surface area contributed by atoms with Crippen LogP contribution < -0.4 is 5.32 Å². The molecule has 3 rings (SSSR count). The van der Waals surface area contributed by atoms with Crippen molar-refractivity contribution in [3.63, 3.8) is 0 Å². The Kier molecular flexibility index (Phi) is 3.19. The molecule has 0 spiro atoms. The van der Waals surface area contributed by atoms with Gasteiger partial charge in [-0.15, -0.1) is 0 Å². The number of imide groups is 1. The normalized spacial score (nSPS) is 15.0. The molecule has 1 saturated heterocycles. The monoisotopic (exact) mass is 285 g/mol. The highest BCUT2D eigenvalue weighted by Gasteiger charge is 2.27. The van der Waals surface area contributed by atoms with E-state index in [4.69, 9.17) is 0 Å². The molecule has 1 aliphatic heterocycles. The molecule has 0 aliphatic carbocycles. The predicted molar refractivity (Wildman–Crippen MR) is 70.4 cm³/mol. The minimum Gasteiger partial charge on any atom is -0.320 e. The number of nitrogens with zero attached hydrogens (tertiary/aromatic N) is 4. The first kappa shape index (κ1) is 13.0. The van der Waals surface area contributed by atoms with E-state index in [-0.39, 0.29) is 13.1 Å². The molecule has 0 radical (unpaired) electrons. The molecule has 1 N–H and O–H groups in total. The van der Waals surface area contributed by atoms with E-state index in [1.165, 1.54) is 11.1 Å². The SMILES string of the molecule is O=C1CN(C(=O)c2ccc(-n3ccnc3)nc2)CC(=O)N1. The Morgan fingerprint density at radius 3 is 2.52 bits per heavy atom. The number of hydrogen-bond acceptors (Lipinski definition) is 5. The van der Waals surface area contributed by atoms with Crippen LogP contribution in [0.15, 0.2) is 37.1 Å². The highest BCUT2D eigenvalue weighted by atomic mass is 16.2. The van der Waals surface area contributed by atoms with E-state index in [1.54, 1.807) is 35.4 Å². The van der Waals surface area contributed by atoms with Crippen molar-refractivity contribution in [1.29, 1.82) is 0 Å². The lowest BCUT2D eigenvalue weighted by Crippen LogP contribution is -2.53. The Hall–Kier alpha value is -3.03. The topological polar surface area (TPSA) is 97.2 Å². The predicted octanol–water partition coefficient (Wildman–Crippen LogP) is -0.634. The number of hydrogen-bond donors (Lipinski definition) is 1. The summed E-state index contributed by atoms with van der Waals surface area (Å²) in [6.07, 6.45) is 6.36. The van der Waals surface area contributed by atoms with E-state index in [9.17, 15) is 14.4 Å². The Bertz CT molecular complexity index is 677. The zero-order valence-corrected chi connectivity index (χ0v) is 10.9. The number of carbonyl (C=O) groups excluding carboxylic acids is 3. The average Bonchev–Trinajstić information content (AvgIpc) is 3.00. The summed E-state index contributed by atoms with van der Waals surface area (Å²) < 4.78 is 1.70. The maximum atomic E-state index is 12.2. The van der Waals surface area contributed by atoms with Crippen LogP contribution in [0.25, 0.3) is 5.82 Å². The molecule has 0 aromatic carbocycles. The molecular formula is C13H11N5O3. The van der Waals surface area contributed by atoms with Crippen LogP contribution >= 0.6 is 0 Å². The van der Waals surface area contributed by atoms with E-state index >= 15 is 0 Å². The molecule has 2 aromatic rings. The van der Waals surface area contributed by atoms with Crippen molar-refractivity contribution in [2.75, 3.05) is 13.1 Å². The van der Waals surface area contributed by atoms with Gasteiger partial charge in [0.2, 0.25) is 11.8 Å². The van der Waals surface area contributed by atoms with Crippen LogP contribution in [0, 0.1) is 0 Å². The van der Waals surface area contributed by atoms with Gasteiger partial charge in [-0.1, -0.05) is 0 Å². The van der Waals surface area contributed by atoms with Gasteiger partial charge in [-0.2, -0.15) is 0 Å². The van der Waals surface area contributed by atoms with Gasteiger partial charge < -0.3 is 4.90 Å². The maximum absolute atomic E-state index is 12.2. The maximum Gasteiger partial charge on any atom is 0.256 e. The third-order valence-electron chi connectivity index (χ3n) is 3.00. The van der Waals surface area contributed by atoms with Gasteiger partial charge in [-0.25, -0.2) is 9.97 Å². The quantitative estimate of drug-likeness (QED) is 0.741. The summed E-state index contributed by atoms with van der Waals surface area (Å²) in [6.45, 7) is -0.262. The largest absolute Gasteiger partial charge is 0.320 e. The third-order valence-corrected chi connectivity index (χ3v) is 3.00. The Balaban J connectivity index is 1.79. The zero-order chi connectivity index (χ0) is 14.8. The lowest BCUT2D eigenvalue weighted by Gasteiger charge is -2.25. The molecule has 8 heteroatoms. The van der Waals surface area contributed by atoms with Crippen molar-refractivity contribution in [3.05, 3.63) is 42.6 Å². The van der Waals surface area contributed by atoms with Crippen LogP contribution in [0.4, 0.5) is 0 Å². The van der Waals surface area contributed by atoms with Gasteiger partial charge in [0.05, 0.1) is 5.56 Å². The van der Waals surface area contributed by atoms with Crippen molar-refractivity contribution < 1.29 is 14.4 Å². The van der Waals surface area contributed by atoms with Crippen LogP contribution in [0.3, 0.4) is 0 Å². The van der Waals surface area contributed by atoms with Crippen LogP contribution in [0.5, 0.6) is 0 Å². The van der Waals surface area contributed by atoms with Crippen LogP contribution in [0.2, 0.25) is 0 Å². The molecule has 8 nitrogen and oxygen atoms in total. The average molecular weight is 285 g/mol. The second kappa shape index (κ2) is 5.16. The summed E-state index contributed by atoms with van der Waals surface area (Å²) in [6, 6.07) is 3.27. The Morgan fingerprint density at radius 2 is 1.95 bits per heavy atom. The molecule has 3 heterocycles. The van der Waals surface area contributed by atoms with Crippen molar-refractivity contribution in [1.82, 2.24) is 24.8 Å². The highest BCUT2D eigenvalue weighted by Crippen LogP contribution is 2.09. The van der Waals surface area contributed by atoms with E-state index in [0.29, 0.717) is 11.4 Å². The number of imidazole rings is 1. The lowest BCUT2D eigenvalue weighted by molar-refractivity contribution is -0.135. The van der Waals surface area contributed by atoms with E-state index in [0.717, 1.165) is 0 Å². The van der Waals surface area contributed by atoms with E-state index in [1.807, 2.05) is 0 Å². The summed E-state index contributed by atoms with van der Waals surface area (Å²) in [5.74, 6) is -0.746. The Labute approximate surface area is 119 Å². The lowest BCUT2D eigenvalue weighted by atomic mass is 10.2. The van der Waals surface area contributed by atoms with Gasteiger partial charge in [0.15, 0.2) is 0 Å². The number of rotatable bonds is 2. The van der Waals surface area contributed by atoms with Gasteiger partial charge in [-0.3, -0.25) is 24.3 Å². The second-order valence-corrected chi connectivity index (χ2v) is 4.51. The van der Waals surface area contributed by atoms with Gasteiger partial charge in [-0.05, 0) is 12.1 Å². The number of pyridine rings is 1. The summed E-state index contributed by atoms with van der Waals surface area (Å²) in [4.78, 5) is 44.0. The third kappa shape index (κ3) is 2.64. The first-order chi connectivity index (χ1) is 10.1. The van der Waals surface area contributed by atoms with Crippen LogP contribution in [-0.4, -0.2) is 50.2 Å². The molecular weight excluding hydrogens is 274 g/mol. The van der Waals surface area contributed by atoms with Crippen molar-refractivity contribution >= 4 is 17.7 Å². The van der Waals surface area contributed by atoms with E-state index in [2.05, 4.69) is 15.3 Å². The first-order valence-corrected chi connectivity index (χ1v) is 6.20. The van der Waals surface area contributed by atoms with Gasteiger partial charge in [0.25, 0.3) is 5.91 Å². The van der Waals surface area contributed by atoms with Crippen molar-refractivity contribution in [2.24, 2.45) is 0 Å². The number of aromatic nitrogens is 3. The smallest absolute Gasteiger partial charge is 0.256 e. The summed E-state index contributed by atoms with van der Waals surface area (Å²) in [5, 5.41) is 2.15. The number of piperazine rings is 1. The molecule has 0 bridgehead atoms. The van der Waals surface area contributed by atoms with E-state index < -0.39 is 17.7 Å². The van der Waals surface area contributed by atoms with Crippen LogP contribution in [-0.2, 0) is 9.59 Å². The summed E-state index contributed by atoms with van der Waals surface area (Å²) >= 11 is 0. The fourth-order valence-electron chi connectivity index (χ4n) is 2.02. The second-order valence-electron chi connectivity index (χ2n) is 4.51. The molecule has 106 valence electrons. The molecule has 0 unspecified atom stereocenters. The standard InChI is InChI=1S/C13H11N5O3/c19-11-6-18(7-12(20)16-11)13(21)9-1-2-10(15-5-9)17-4-3-14-8-17/h1-5,8H,6-7H2,(H,16,19,20). The first-order valence-electron chi connectivity index (χ1n) is 6.20.